The van der Waals surface area contributed by atoms with E-state index in [1.54, 1.807) is 11.8 Å². The number of rotatable bonds is 7. The first-order valence-electron chi connectivity index (χ1n) is 7.29. The van der Waals surface area contributed by atoms with Crippen molar-refractivity contribution in [1.29, 1.82) is 0 Å². The smallest absolute Gasteiger partial charge is 0.164 e. The van der Waals surface area contributed by atoms with Crippen molar-refractivity contribution in [2.45, 2.75) is 31.8 Å². The zero-order chi connectivity index (χ0) is 15.3. The molecule has 0 aromatic carbocycles. The van der Waals surface area contributed by atoms with Crippen molar-refractivity contribution < 1.29 is 12.8 Å². The quantitative estimate of drug-likeness (QED) is 0.767. The summed E-state index contributed by atoms with van der Waals surface area (Å²) < 4.78 is 29.5. The van der Waals surface area contributed by atoms with Crippen molar-refractivity contribution in [2.24, 2.45) is 0 Å². The molecule has 0 amide bonds. The molecule has 1 aromatic rings. The van der Waals surface area contributed by atoms with Gasteiger partial charge in [0.1, 0.15) is 16.9 Å². The summed E-state index contributed by atoms with van der Waals surface area (Å²) in [7, 11) is -3.05. The third kappa shape index (κ3) is 5.02. The van der Waals surface area contributed by atoms with Gasteiger partial charge in [-0.15, -0.1) is 0 Å². The van der Waals surface area contributed by atoms with Crippen LogP contribution in [0.4, 0.5) is 0 Å². The molecule has 0 aliphatic carbocycles. The zero-order valence-electron chi connectivity index (χ0n) is 12.7. The van der Waals surface area contributed by atoms with Gasteiger partial charge in [0.05, 0.1) is 13.1 Å². The Bertz CT molecular complexity index is 542. The Morgan fingerprint density at radius 1 is 1.43 bits per heavy atom. The van der Waals surface area contributed by atoms with Crippen molar-refractivity contribution in [3.63, 3.8) is 0 Å². The molecule has 1 N–H and O–H groups in total. The molecule has 1 fully saturated rings. The number of furan rings is 1. The van der Waals surface area contributed by atoms with Crippen LogP contribution in [0.3, 0.4) is 0 Å². The summed E-state index contributed by atoms with van der Waals surface area (Å²) in [6.07, 6.45) is 2.41. The van der Waals surface area contributed by atoms with Crippen molar-refractivity contribution >= 4 is 21.6 Å². The monoisotopic (exact) mass is 332 g/mol. The van der Waals surface area contributed by atoms with Crippen molar-refractivity contribution in [2.75, 3.05) is 30.9 Å². The van der Waals surface area contributed by atoms with Crippen LogP contribution in [0.15, 0.2) is 16.5 Å². The number of sulfone groups is 1. The summed E-state index contributed by atoms with van der Waals surface area (Å²) in [4.78, 5) is 2.01. The predicted octanol–water partition coefficient (Wildman–Crippen LogP) is 1.70. The minimum Gasteiger partial charge on any atom is -0.463 e. The maximum Gasteiger partial charge on any atom is 0.164 e. The molecule has 0 spiro atoms. The summed E-state index contributed by atoms with van der Waals surface area (Å²) in [5.41, 5.74) is 0. The first-order chi connectivity index (χ1) is 10.0. The molecule has 2 rings (SSSR count). The molecule has 21 heavy (non-hydrogen) atoms. The average molecular weight is 332 g/mol. The highest BCUT2D eigenvalue weighted by Crippen LogP contribution is 2.23. The maximum absolute atomic E-state index is 11.9. The lowest BCUT2D eigenvalue weighted by Gasteiger charge is -2.33. The molecule has 1 aliphatic rings. The van der Waals surface area contributed by atoms with E-state index >= 15 is 0 Å². The number of thioether (sulfide) groups is 1. The SMILES string of the molecule is CCCNCc1ccc(CN2CCSCC2S(C)(=O)=O)o1. The molecule has 0 saturated carbocycles. The Kier molecular flexibility index (Phi) is 6.16. The van der Waals surface area contributed by atoms with Gasteiger partial charge in [-0.2, -0.15) is 11.8 Å². The minimum atomic E-state index is -3.05. The highest BCUT2D eigenvalue weighted by atomic mass is 32.2. The zero-order valence-corrected chi connectivity index (χ0v) is 14.3. The standard InChI is InChI=1S/C14H24N2O3S2/c1-3-6-15-9-12-4-5-13(19-12)10-16-7-8-20-11-14(16)21(2,17)18/h4-5,14-15H,3,6-11H2,1-2H3. The van der Waals surface area contributed by atoms with Gasteiger partial charge in [-0.3, -0.25) is 4.90 Å². The van der Waals surface area contributed by atoms with Crippen LogP contribution in [0.2, 0.25) is 0 Å². The van der Waals surface area contributed by atoms with Crippen LogP contribution in [0.1, 0.15) is 24.9 Å². The fraction of sp³-hybridized carbons (Fsp3) is 0.714. The molecular formula is C14H24N2O3S2. The largest absolute Gasteiger partial charge is 0.463 e. The van der Waals surface area contributed by atoms with Gasteiger partial charge in [-0.25, -0.2) is 8.42 Å². The van der Waals surface area contributed by atoms with Crippen LogP contribution >= 0.6 is 11.8 Å². The third-order valence-electron chi connectivity index (χ3n) is 3.49. The molecule has 1 unspecified atom stereocenters. The summed E-state index contributed by atoms with van der Waals surface area (Å²) in [6.45, 7) is 5.16. The van der Waals surface area contributed by atoms with Gasteiger partial charge in [0.15, 0.2) is 9.84 Å². The van der Waals surface area contributed by atoms with E-state index in [4.69, 9.17) is 4.42 Å². The summed E-state index contributed by atoms with van der Waals surface area (Å²) in [5, 5.41) is 2.89. The Morgan fingerprint density at radius 3 is 2.90 bits per heavy atom. The highest BCUT2D eigenvalue weighted by molar-refractivity contribution is 8.00. The van der Waals surface area contributed by atoms with E-state index in [0.29, 0.717) is 12.3 Å². The highest BCUT2D eigenvalue weighted by Gasteiger charge is 2.31. The van der Waals surface area contributed by atoms with E-state index in [0.717, 1.165) is 43.3 Å². The van der Waals surface area contributed by atoms with E-state index in [1.807, 2.05) is 17.0 Å². The topological polar surface area (TPSA) is 62.6 Å². The number of hydrogen-bond donors (Lipinski definition) is 1. The van der Waals surface area contributed by atoms with Crippen LogP contribution < -0.4 is 5.32 Å². The second kappa shape index (κ2) is 7.67. The van der Waals surface area contributed by atoms with Crippen molar-refractivity contribution in [1.82, 2.24) is 10.2 Å². The molecule has 7 heteroatoms. The van der Waals surface area contributed by atoms with Gasteiger partial charge in [-0.1, -0.05) is 6.92 Å². The number of nitrogens with zero attached hydrogens (tertiary/aromatic N) is 1. The fourth-order valence-corrected chi connectivity index (χ4v) is 5.32. The van der Waals surface area contributed by atoms with Gasteiger partial charge in [0.25, 0.3) is 0 Å². The molecule has 5 nitrogen and oxygen atoms in total. The van der Waals surface area contributed by atoms with E-state index in [-0.39, 0.29) is 0 Å². The molecule has 0 radical (unpaired) electrons. The lowest BCUT2D eigenvalue weighted by atomic mass is 10.3. The maximum atomic E-state index is 11.9. The van der Waals surface area contributed by atoms with Crippen LogP contribution in [-0.2, 0) is 22.9 Å². The number of hydrogen-bond acceptors (Lipinski definition) is 6. The first kappa shape index (κ1) is 16.9. The van der Waals surface area contributed by atoms with Crippen LogP contribution in [0, 0.1) is 0 Å². The van der Waals surface area contributed by atoms with E-state index in [1.165, 1.54) is 6.26 Å². The van der Waals surface area contributed by atoms with E-state index < -0.39 is 15.2 Å². The van der Waals surface area contributed by atoms with Crippen LogP contribution in [0.5, 0.6) is 0 Å². The normalized spacial score (nSPS) is 20.8. The van der Waals surface area contributed by atoms with Gasteiger partial charge in [0, 0.05) is 24.3 Å². The van der Waals surface area contributed by atoms with Gasteiger partial charge in [-0.05, 0) is 25.1 Å². The second-order valence-electron chi connectivity index (χ2n) is 5.37. The molecule has 120 valence electrons. The summed E-state index contributed by atoms with van der Waals surface area (Å²) >= 11 is 1.70. The van der Waals surface area contributed by atoms with E-state index in [9.17, 15) is 8.42 Å². The molecule has 1 aromatic heterocycles. The number of nitrogens with one attached hydrogen (secondary N) is 1. The molecule has 1 aliphatic heterocycles. The summed E-state index contributed by atoms with van der Waals surface area (Å²) in [5.74, 6) is 3.35. The van der Waals surface area contributed by atoms with Gasteiger partial charge in [0.2, 0.25) is 0 Å². The Labute approximate surface area is 131 Å². The summed E-state index contributed by atoms with van der Waals surface area (Å²) in [6, 6.07) is 3.91. The third-order valence-corrected chi connectivity index (χ3v) is 6.17. The van der Waals surface area contributed by atoms with Gasteiger partial charge >= 0.3 is 0 Å². The molecule has 1 atom stereocenters. The van der Waals surface area contributed by atoms with E-state index in [2.05, 4.69) is 12.2 Å². The van der Waals surface area contributed by atoms with Crippen LogP contribution in [0.25, 0.3) is 0 Å². The first-order valence-corrected chi connectivity index (χ1v) is 10.4. The molecule has 2 heterocycles. The lowest BCUT2D eigenvalue weighted by Crippen LogP contribution is -2.46. The predicted molar refractivity (Wildman–Crippen MR) is 87.1 cm³/mol. The van der Waals surface area contributed by atoms with Crippen LogP contribution in [-0.4, -0.2) is 49.5 Å². The van der Waals surface area contributed by atoms with Crippen molar-refractivity contribution in [3.05, 3.63) is 23.7 Å². The minimum absolute atomic E-state index is 0.400. The Hall–Kier alpha value is -0.500. The molecule has 0 bridgehead atoms. The fourth-order valence-electron chi connectivity index (χ4n) is 2.38. The molecule has 1 saturated heterocycles. The van der Waals surface area contributed by atoms with Gasteiger partial charge < -0.3 is 9.73 Å². The Morgan fingerprint density at radius 2 is 2.19 bits per heavy atom. The average Bonchev–Trinajstić information content (AvgIpc) is 2.86. The van der Waals surface area contributed by atoms with Crippen molar-refractivity contribution in [3.8, 4) is 0 Å². The molecular weight excluding hydrogens is 308 g/mol. The second-order valence-corrected chi connectivity index (χ2v) is 8.73. The lowest BCUT2D eigenvalue weighted by molar-refractivity contribution is 0.238. The Balaban J connectivity index is 1.96.